The Morgan fingerprint density at radius 2 is 1.89 bits per heavy atom. The highest BCUT2D eigenvalue weighted by atomic mass is 79.9. The summed E-state index contributed by atoms with van der Waals surface area (Å²) in [7, 11) is 1.12. The average molecular weight is 469 g/mol. The molecule has 0 heterocycles. The van der Waals surface area contributed by atoms with E-state index in [0.29, 0.717) is 11.1 Å². The van der Waals surface area contributed by atoms with Crippen LogP contribution in [0.1, 0.15) is 36.8 Å². The highest BCUT2D eigenvalue weighted by molar-refractivity contribution is 9.10. The Morgan fingerprint density at radius 3 is 2.39 bits per heavy atom. The van der Waals surface area contributed by atoms with E-state index in [2.05, 4.69) is 21.2 Å². The molecular formula is C18H21BrF4N2O3. The lowest BCUT2D eigenvalue weighted by atomic mass is 9.76. The van der Waals surface area contributed by atoms with Crippen LogP contribution in [0.5, 0.6) is 0 Å². The van der Waals surface area contributed by atoms with Crippen molar-refractivity contribution >= 4 is 27.8 Å². The molecule has 0 radical (unpaired) electrons. The number of hydrogen-bond donors (Lipinski definition) is 2. The Kier molecular flexibility index (Phi) is 7.08. The second-order valence-corrected chi connectivity index (χ2v) is 7.71. The van der Waals surface area contributed by atoms with Gasteiger partial charge in [0.1, 0.15) is 11.4 Å². The van der Waals surface area contributed by atoms with Gasteiger partial charge in [0.2, 0.25) is 5.91 Å². The molecule has 0 atom stereocenters. The van der Waals surface area contributed by atoms with Gasteiger partial charge >= 0.3 is 12.1 Å². The molecule has 1 aliphatic rings. The minimum Gasteiger partial charge on any atom is -0.467 e. The number of benzene rings is 1. The van der Waals surface area contributed by atoms with Gasteiger partial charge in [0.05, 0.1) is 23.9 Å². The minimum absolute atomic E-state index is 0.00220. The molecule has 156 valence electrons. The third kappa shape index (κ3) is 5.02. The zero-order chi connectivity index (χ0) is 21.1. The Morgan fingerprint density at radius 1 is 1.29 bits per heavy atom. The Labute approximate surface area is 168 Å². The SMILES string of the molecule is COC(=O)C1(NC(=O)Cc2cc(Br)c(F)cc2CN)CCC(C(F)(F)F)CC1. The van der Waals surface area contributed by atoms with Crippen LogP contribution in [-0.4, -0.2) is 30.7 Å². The minimum atomic E-state index is -4.34. The van der Waals surface area contributed by atoms with Crippen LogP contribution in [0.3, 0.4) is 0 Å². The lowest BCUT2D eigenvalue weighted by Crippen LogP contribution is -2.58. The first-order valence-corrected chi connectivity index (χ1v) is 9.44. The largest absolute Gasteiger partial charge is 0.467 e. The molecular weight excluding hydrogens is 448 g/mol. The van der Waals surface area contributed by atoms with Gasteiger partial charge in [-0.3, -0.25) is 4.79 Å². The Balaban J connectivity index is 2.17. The third-order valence-electron chi connectivity index (χ3n) is 5.07. The standard InChI is InChI=1S/C18H21BrF4N2O3/c1-28-16(27)17(4-2-12(3-5-17)18(21,22)23)25-15(26)8-10-6-13(19)14(20)7-11(10)9-24/h6-7,12H,2-5,8-9,24H2,1H3,(H,25,26). The van der Waals surface area contributed by atoms with Gasteiger partial charge in [0.15, 0.2) is 0 Å². The van der Waals surface area contributed by atoms with Crippen LogP contribution in [0.25, 0.3) is 0 Å². The second-order valence-electron chi connectivity index (χ2n) is 6.85. The summed E-state index contributed by atoms with van der Waals surface area (Å²) in [5, 5.41) is 2.56. The van der Waals surface area contributed by atoms with Crippen molar-refractivity contribution in [3.8, 4) is 0 Å². The second kappa shape index (κ2) is 8.77. The van der Waals surface area contributed by atoms with E-state index in [1.807, 2.05) is 0 Å². The van der Waals surface area contributed by atoms with Crippen LogP contribution in [0.2, 0.25) is 0 Å². The molecule has 2 rings (SSSR count). The third-order valence-corrected chi connectivity index (χ3v) is 5.68. The predicted octanol–water partition coefficient (Wildman–Crippen LogP) is 3.37. The molecule has 10 heteroatoms. The Bertz CT molecular complexity index is 747. The lowest BCUT2D eigenvalue weighted by molar-refractivity contribution is -0.188. The molecule has 0 spiro atoms. The number of esters is 1. The zero-order valence-corrected chi connectivity index (χ0v) is 16.8. The molecule has 0 bridgehead atoms. The van der Waals surface area contributed by atoms with Gasteiger partial charge in [-0.1, -0.05) is 0 Å². The van der Waals surface area contributed by atoms with Gasteiger partial charge in [-0.05, 0) is 64.9 Å². The summed E-state index contributed by atoms with van der Waals surface area (Å²) in [6.07, 6.45) is -5.46. The summed E-state index contributed by atoms with van der Waals surface area (Å²) >= 11 is 3.04. The van der Waals surface area contributed by atoms with Gasteiger partial charge in [-0.15, -0.1) is 0 Å². The van der Waals surface area contributed by atoms with E-state index < -0.39 is 35.3 Å². The number of nitrogens with one attached hydrogen (secondary N) is 1. The molecule has 1 aromatic rings. The van der Waals surface area contributed by atoms with Gasteiger partial charge < -0.3 is 15.8 Å². The summed E-state index contributed by atoms with van der Waals surface area (Å²) in [5.74, 6) is -3.40. The predicted molar refractivity (Wildman–Crippen MR) is 96.6 cm³/mol. The summed E-state index contributed by atoms with van der Waals surface area (Å²) in [5.41, 5.74) is 4.96. The first-order valence-electron chi connectivity index (χ1n) is 8.65. The lowest BCUT2D eigenvalue weighted by Gasteiger charge is -2.38. The first kappa shape index (κ1) is 22.6. The number of alkyl halides is 3. The number of carbonyl (C=O) groups excluding carboxylic acids is 2. The number of carbonyl (C=O) groups is 2. The first-order chi connectivity index (χ1) is 13.0. The molecule has 1 saturated carbocycles. The quantitative estimate of drug-likeness (QED) is 0.512. The number of rotatable bonds is 5. The Hall–Kier alpha value is -1.68. The van der Waals surface area contributed by atoms with E-state index in [1.165, 1.54) is 12.1 Å². The number of hydrogen-bond acceptors (Lipinski definition) is 4. The van der Waals surface area contributed by atoms with Crippen LogP contribution < -0.4 is 11.1 Å². The maximum Gasteiger partial charge on any atom is 0.391 e. The monoisotopic (exact) mass is 468 g/mol. The number of ether oxygens (including phenoxy) is 1. The average Bonchev–Trinajstić information content (AvgIpc) is 2.63. The van der Waals surface area contributed by atoms with Crippen LogP contribution in [0.4, 0.5) is 17.6 Å². The van der Waals surface area contributed by atoms with Crippen LogP contribution in [0.15, 0.2) is 16.6 Å². The fourth-order valence-electron chi connectivity index (χ4n) is 3.48. The fourth-order valence-corrected chi connectivity index (χ4v) is 3.87. The van der Waals surface area contributed by atoms with Crippen molar-refractivity contribution in [2.75, 3.05) is 7.11 Å². The maximum absolute atomic E-state index is 13.6. The molecule has 1 fully saturated rings. The van der Waals surface area contributed by atoms with Crippen molar-refractivity contribution in [1.29, 1.82) is 0 Å². The molecule has 28 heavy (non-hydrogen) atoms. The van der Waals surface area contributed by atoms with Crippen molar-refractivity contribution < 1.29 is 31.9 Å². The number of methoxy groups -OCH3 is 1. The van der Waals surface area contributed by atoms with E-state index in [4.69, 9.17) is 10.5 Å². The van der Waals surface area contributed by atoms with Gasteiger partial charge in [0, 0.05) is 6.54 Å². The van der Waals surface area contributed by atoms with E-state index >= 15 is 0 Å². The molecule has 1 aromatic carbocycles. The molecule has 1 aliphatic carbocycles. The van der Waals surface area contributed by atoms with Crippen LogP contribution in [-0.2, 0) is 27.3 Å². The fraction of sp³-hybridized carbons (Fsp3) is 0.556. The molecule has 0 aromatic heterocycles. The summed E-state index contributed by atoms with van der Waals surface area (Å²) in [6, 6.07) is 2.62. The van der Waals surface area contributed by atoms with Crippen LogP contribution in [0, 0.1) is 11.7 Å². The maximum atomic E-state index is 13.6. The van der Waals surface area contributed by atoms with E-state index in [0.717, 1.165) is 7.11 Å². The van der Waals surface area contributed by atoms with E-state index in [1.54, 1.807) is 0 Å². The van der Waals surface area contributed by atoms with Gasteiger partial charge in [-0.2, -0.15) is 13.2 Å². The van der Waals surface area contributed by atoms with E-state index in [9.17, 15) is 27.2 Å². The van der Waals surface area contributed by atoms with Crippen molar-refractivity contribution in [2.45, 2.75) is 50.4 Å². The van der Waals surface area contributed by atoms with Gasteiger partial charge in [0.25, 0.3) is 0 Å². The summed E-state index contributed by atoms with van der Waals surface area (Å²) < 4.78 is 57.3. The molecule has 3 N–H and O–H groups in total. The van der Waals surface area contributed by atoms with Crippen molar-refractivity contribution in [1.82, 2.24) is 5.32 Å². The molecule has 5 nitrogen and oxygen atoms in total. The highest BCUT2D eigenvalue weighted by Crippen LogP contribution is 2.41. The zero-order valence-electron chi connectivity index (χ0n) is 15.2. The van der Waals surface area contributed by atoms with Crippen molar-refractivity contribution in [3.05, 3.63) is 33.5 Å². The van der Waals surface area contributed by atoms with E-state index in [-0.39, 0.29) is 43.1 Å². The van der Waals surface area contributed by atoms with Crippen molar-refractivity contribution in [3.63, 3.8) is 0 Å². The highest BCUT2D eigenvalue weighted by Gasteiger charge is 2.50. The molecule has 0 saturated heterocycles. The molecule has 0 aliphatic heterocycles. The normalized spacial score (nSPS) is 22.6. The summed E-state index contributed by atoms with van der Waals surface area (Å²) in [6.45, 7) is 0.00220. The smallest absolute Gasteiger partial charge is 0.391 e. The molecule has 0 unspecified atom stereocenters. The number of halogens is 5. The topological polar surface area (TPSA) is 81.4 Å². The molecule has 1 amide bonds. The van der Waals surface area contributed by atoms with Crippen LogP contribution >= 0.6 is 15.9 Å². The van der Waals surface area contributed by atoms with Crippen molar-refractivity contribution in [2.24, 2.45) is 11.7 Å². The number of nitrogens with two attached hydrogens (primary N) is 1. The van der Waals surface area contributed by atoms with Gasteiger partial charge in [-0.25, -0.2) is 9.18 Å². The number of amides is 1. The summed E-state index contributed by atoms with van der Waals surface area (Å²) in [4.78, 5) is 24.8.